The summed E-state index contributed by atoms with van der Waals surface area (Å²) in [5.74, 6) is 0. The van der Waals surface area contributed by atoms with Gasteiger partial charge in [0.25, 0.3) is 0 Å². The summed E-state index contributed by atoms with van der Waals surface area (Å²) in [6.07, 6.45) is 3.89. The number of likely N-dealkylation sites (tertiary alicyclic amines) is 1. The molecule has 1 N–H and O–H groups in total. The molecule has 0 aliphatic carbocycles. The lowest BCUT2D eigenvalue weighted by Crippen LogP contribution is -2.25. The molecule has 0 amide bonds. The molecule has 1 aromatic heterocycles. The average molecular weight is 279 g/mol. The van der Waals surface area contributed by atoms with E-state index in [1.54, 1.807) is 0 Å². The minimum atomic E-state index is 0.152. The van der Waals surface area contributed by atoms with Crippen LogP contribution in [0, 0.1) is 19.3 Å². The Morgan fingerprint density at radius 2 is 1.95 bits per heavy atom. The maximum atomic E-state index is 9.09. The molecule has 4 heteroatoms. The molecule has 1 aliphatic heterocycles. The summed E-state index contributed by atoms with van der Waals surface area (Å²) >= 11 is 0. The van der Waals surface area contributed by atoms with Crippen LogP contribution in [0.15, 0.2) is 0 Å². The van der Waals surface area contributed by atoms with Crippen LogP contribution in [0.5, 0.6) is 0 Å². The fourth-order valence-corrected chi connectivity index (χ4v) is 3.14. The fourth-order valence-electron chi connectivity index (χ4n) is 3.14. The summed E-state index contributed by atoms with van der Waals surface area (Å²) in [7, 11) is 0. The van der Waals surface area contributed by atoms with Gasteiger partial charge in [0.2, 0.25) is 0 Å². The summed E-state index contributed by atoms with van der Waals surface area (Å²) in [6, 6.07) is 0. The van der Waals surface area contributed by atoms with Crippen molar-refractivity contribution in [2.75, 3.05) is 19.7 Å². The maximum absolute atomic E-state index is 9.09. The van der Waals surface area contributed by atoms with Gasteiger partial charge in [-0.1, -0.05) is 13.8 Å². The summed E-state index contributed by atoms with van der Waals surface area (Å²) in [6.45, 7) is 13.1. The minimum Gasteiger partial charge on any atom is -0.394 e. The molecule has 1 aromatic rings. The van der Waals surface area contributed by atoms with Crippen LogP contribution >= 0.6 is 0 Å². The zero-order valence-corrected chi connectivity index (χ0v) is 13.4. The van der Waals surface area contributed by atoms with Crippen LogP contribution in [-0.2, 0) is 13.1 Å². The minimum absolute atomic E-state index is 0.152. The summed E-state index contributed by atoms with van der Waals surface area (Å²) in [4.78, 5) is 2.56. The first-order valence-corrected chi connectivity index (χ1v) is 7.79. The van der Waals surface area contributed by atoms with Crippen molar-refractivity contribution in [2.45, 2.75) is 60.0 Å². The van der Waals surface area contributed by atoms with Crippen molar-refractivity contribution in [3.63, 3.8) is 0 Å². The number of hydrogen-bond acceptors (Lipinski definition) is 3. The van der Waals surface area contributed by atoms with Crippen molar-refractivity contribution in [2.24, 2.45) is 5.41 Å². The third-order valence-corrected chi connectivity index (χ3v) is 4.66. The van der Waals surface area contributed by atoms with Gasteiger partial charge in [0, 0.05) is 17.8 Å². The van der Waals surface area contributed by atoms with Crippen LogP contribution in [0.3, 0.4) is 0 Å². The van der Waals surface area contributed by atoms with Crippen molar-refractivity contribution < 1.29 is 5.11 Å². The lowest BCUT2D eigenvalue weighted by atomic mass is 9.85. The molecule has 2 rings (SSSR count). The van der Waals surface area contributed by atoms with Crippen molar-refractivity contribution in [1.82, 2.24) is 14.7 Å². The number of nitrogens with zero attached hydrogens (tertiary/aromatic N) is 3. The first-order valence-electron chi connectivity index (χ1n) is 7.79. The average Bonchev–Trinajstić information content (AvgIpc) is 2.55. The van der Waals surface area contributed by atoms with Gasteiger partial charge < -0.3 is 5.11 Å². The predicted octanol–water partition coefficient (Wildman–Crippen LogP) is 2.50. The zero-order valence-electron chi connectivity index (χ0n) is 13.4. The largest absolute Gasteiger partial charge is 0.394 e. The highest BCUT2D eigenvalue weighted by Crippen LogP contribution is 2.30. The zero-order chi connectivity index (χ0) is 14.8. The topological polar surface area (TPSA) is 41.3 Å². The molecule has 0 bridgehead atoms. The Bertz CT molecular complexity index is 451. The SMILES string of the molecule is Cc1nn(CCO)c(C)c1CN1CCCC(C)(C)CC1. The lowest BCUT2D eigenvalue weighted by molar-refractivity contribution is 0.254. The van der Waals surface area contributed by atoms with Gasteiger partial charge in [0.15, 0.2) is 0 Å². The van der Waals surface area contributed by atoms with E-state index < -0.39 is 0 Å². The highest BCUT2D eigenvalue weighted by atomic mass is 16.3. The normalized spacial score (nSPS) is 20.1. The Morgan fingerprint density at radius 1 is 1.20 bits per heavy atom. The van der Waals surface area contributed by atoms with Crippen LogP contribution in [0.25, 0.3) is 0 Å². The molecule has 0 aromatic carbocycles. The van der Waals surface area contributed by atoms with E-state index in [0.29, 0.717) is 12.0 Å². The number of rotatable bonds is 4. The van der Waals surface area contributed by atoms with Gasteiger partial charge in [-0.25, -0.2) is 0 Å². The van der Waals surface area contributed by atoms with E-state index in [9.17, 15) is 0 Å². The van der Waals surface area contributed by atoms with E-state index in [-0.39, 0.29) is 6.61 Å². The Balaban J connectivity index is 2.06. The number of aliphatic hydroxyl groups excluding tert-OH is 1. The molecule has 0 spiro atoms. The fraction of sp³-hybridized carbons (Fsp3) is 0.812. The van der Waals surface area contributed by atoms with Crippen LogP contribution in [0.4, 0.5) is 0 Å². The van der Waals surface area contributed by atoms with E-state index in [2.05, 4.69) is 37.7 Å². The Morgan fingerprint density at radius 3 is 2.65 bits per heavy atom. The molecule has 2 heterocycles. The monoisotopic (exact) mass is 279 g/mol. The second-order valence-corrected chi connectivity index (χ2v) is 6.89. The summed E-state index contributed by atoms with van der Waals surface area (Å²) in [5, 5.41) is 13.6. The van der Waals surface area contributed by atoms with Crippen molar-refractivity contribution in [3.8, 4) is 0 Å². The number of aryl methyl sites for hydroxylation is 1. The molecule has 0 atom stereocenters. The number of aromatic nitrogens is 2. The third-order valence-electron chi connectivity index (χ3n) is 4.66. The van der Waals surface area contributed by atoms with E-state index in [4.69, 9.17) is 5.11 Å². The van der Waals surface area contributed by atoms with E-state index in [0.717, 1.165) is 12.2 Å². The van der Waals surface area contributed by atoms with E-state index in [1.165, 1.54) is 43.6 Å². The first kappa shape index (κ1) is 15.5. The molecule has 1 aliphatic rings. The first-order chi connectivity index (χ1) is 9.43. The smallest absolute Gasteiger partial charge is 0.0644 e. The van der Waals surface area contributed by atoms with Crippen molar-refractivity contribution >= 4 is 0 Å². The highest BCUT2D eigenvalue weighted by Gasteiger charge is 2.24. The number of hydrogen-bond donors (Lipinski definition) is 1. The van der Waals surface area contributed by atoms with Gasteiger partial charge in [-0.05, 0) is 51.6 Å². The van der Waals surface area contributed by atoms with Gasteiger partial charge in [-0.15, -0.1) is 0 Å². The van der Waals surface area contributed by atoms with Gasteiger partial charge in [0.1, 0.15) is 0 Å². The van der Waals surface area contributed by atoms with Gasteiger partial charge in [-0.3, -0.25) is 9.58 Å². The second kappa shape index (κ2) is 6.27. The number of aliphatic hydroxyl groups is 1. The van der Waals surface area contributed by atoms with Crippen LogP contribution in [-0.4, -0.2) is 39.5 Å². The Labute approximate surface area is 122 Å². The standard InChI is InChI=1S/C16H29N3O/c1-13-15(14(2)19(17-13)10-11-20)12-18-8-5-6-16(3,4)7-9-18/h20H,5-12H2,1-4H3. The van der Waals surface area contributed by atoms with Gasteiger partial charge in [0.05, 0.1) is 18.8 Å². The van der Waals surface area contributed by atoms with Crippen LogP contribution in [0.2, 0.25) is 0 Å². The van der Waals surface area contributed by atoms with E-state index in [1.807, 2.05) is 4.68 Å². The van der Waals surface area contributed by atoms with Gasteiger partial charge >= 0.3 is 0 Å². The highest BCUT2D eigenvalue weighted by molar-refractivity contribution is 5.24. The molecule has 114 valence electrons. The second-order valence-electron chi connectivity index (χ2n) is 6.89. The molecular weight excluding hydrogens is 250 g/mol. The molecule has 1 saturated heterocycles. The molecule has 0 radical (unpaired) electrons. The molecule has 1 fully saturated rings. The molecule has 20 heavy (non-hydrogen) atoms. The van der Waals surface area contributed by atoms with Crippen molar-refractivity contribution in [3.05, 3.63) is 17.0 Å². The van der Waals surface area contributed by atoms with Crippen LogP contribution < -0.4 is 0 Å². The summed E-state index contributed by atoms with van der Waals surface area (Å²) in [5.41, 5.74) is 4.15. The van der Waals surface area contributed by atoms with Gasteiger partial charge in [-0.2, -0.15) is 5.10 Å². The summed E-state index contributed by atoms with van der Waals surface area (Å²) < 4.78 is 1.94. The maximum Gasteiger partial charge on any atom is 0.0644 e. The Hall–Kier alpha value is -0.870. The predicted molar refractivity (Wildman–Crippen MR) is 81.7 cm³/mol. The van der Waals surface area contributed by atoms with Crippen LogP contribution in [0.1, 0.15) is 50.1 Å². The molecular formula is C16H29N3O. The van der Waals surface area contributed by atoms with E-state index >= 15 is 0 Å². The molecule has 4 nitrogen and oxygen atoms in total. The van der Waals surface area contributed by atoms with Crippen molar-refractivity contribution in [1.29, 1.82) is 0 Å². The lowest BCUT2D eigenvalue weighted by Gasteiger charge is -2.23. The molecule has 0 unspecified atom stereocenters. The Kier molecular flexibility index (Phi) is 4.86. The molecule has 0 saturated carbocycles. The quantitative estimate of drug-likeness (QED) is 0.920. The third kappa shape index (κ3) is 3.61.